The summed E-state index contributed by atoms with van der Waals surface area (Å²) in [5, 5.41) is 9.78. The summed E-state index contributed by atoms with van der Waals surface area (Å²) in [5.41, 5.74) is 2.98. The van der Waals surface area contributed by atoms with Crippen molar-refractivity contribution in [2.75, 3.05) is 7.11 Å². The lowest BCUT2D eigenvalue weighted by atomic mass is 9.44. The molecular weight excluding hydrogens is 521 g/mol. The molecule has 0 radical (unpaired) electrons. The maximum absolute atomic E-state index is 12.0. The van der Waals surface area contributed by atoms with Crippen molar-refractivity contribution in [1.29, 1.82) is 0 Å². The molecule has 4 fully saturated rings. The molecule has 0 aliphatic heterocycles. The highest BCUT2D eigenvalue weighted by atomic mass is 28.4. The maximum atomic E-state index is 12.0. The van der Waals surface area contributed by atoms with Crippen molar-refractivity contribution < 1.29 is 18.6 Å². The first-order valence-corrected chi connectivity index (χ1v) is 22.5. The van der Waals surface area contributed by atoms with Gasteiger partial charge in [-0.25, -0.2) is 0 Å². The molecule has 0 bridgehead atoms. The first-order valence-electron chi connectivity index (χ1n) is 15.6. The molecule has 0 aromatic rings. The van der Waals surface area contributed by atoms with E-state index in [-0.39, 0.29) is 11.4 Å². The van der Waals surface area contributed by atoms with E-state index in [4.69, 9.17) is 18.9 Å². The van der Waals surface area contributed by atoms with E-state index in [9.17, 15) is 4.79 Å². The number of methoxy groups -OCH3 is 1. The number of hydrogen-bond donors (Lipinski definition) is 0. The minimum Gasteiger partial charge on any atom is -0.469 e. The molecule has 0 aromatic carbocycles. The van der Waals surface area contributed by atoms with Gasteiger partial charge in [0.2, 0.25) is 0 Å². The Kier molecular flexibility index (Phi) is 8.89. The Morgan fingerprint density at radius 2 is 1.62 bits per heavy atom. The summed E-state index contributed by atoms with van der Waals surface area (Å²) in [6, 6.07) is 0. The van der Waals surface area contributed by atoms with Crippen molar-refractivity contribution >= 4 is 34.0 Å². The molecule has 8 atom stereocenters. The summed E-state index contributed by atoms with van der Waals surface area (Å²) in [6.45, 7) is 20.8. The van der Waals surface area contributed by atoms with Crippen LogP contribution >= 0.6 is 0 Å². The number of carbonyl (C=O) groups is 1. The summed E-state index contributed by atoms with van der Waals surface area (Å²) in [6.07, 6.45) is 10.9. The average Bonchev–Trinajstić information content (AvgIpc) is 3.21. The molecule has 6 nitrogen and oxygen atoms in total. The second-order valence-corrected chi connectivity index (χ2v) is 24.5. The molecule has 4 saturated carbocycles. The molecule has 8 heteroatoms. The highest BCUT2D eigenvalue weighted by Gasteiger charge is 2.63. The molecule has 7 unspecified atom stereocenters. The van der Waals surface area contributed by atoms with E-state index in [1.165, 1.54) is 50.6 Å². The van der Waals surface area contributed by atoms with Crippen molar-refractivity contribution in [3.63, 3.8) is 0 Å². The summed E-state index contributed by atoms with van der Waals surface area (Å²) in [7, 11) is -1.97. The van der Waals surface area contributed by atoms with E-state index in [0.29, 0.717) is 41.4 Å². The minimum absolute atomic E-state index is 0.0476. The first kappa shape index (κ1) is 30.8. The lowest BCUT2D eigenvalue weighted by molar-refractivity contribution is -0.141. The zero-order valence-electron chi connectivity index (χ0n) is 26.6. The average molecular weight is 577 g/mol. The van der Waals surface area contributed by atoms with E-state index in [1.807, 2.05) is 0 Å². The van der Waals surface area contributed by atoms with Crippen molar-refractivity contribution in [3.8, 4) is 0 Å². The number of oxime groups is 2. The number of esters is 1. The van der Waals surface area contributed by atoms with E-state index >= 15 is 0 Å². The van der Waals surface area contributed by atoms with Crippen LogP contribution in [-0.4, -0.2) is 41.1 Å². The SMILES string of the molecule is COC(=O)CCC(C)C1CCC2C3CC[C@@H]4CC(=NO[Si](C)(C)C)CCC4(C)C3CC(=NO[Si](C)(C)C)C12C. The van der Waals surface area contributed by atoms with Crippen LogP contribution < -0.4 is 0 Å². The highest BCUT2D eigenvalue weighted by molar-refractivity contribution is 6.70. The second-order valence-electron chi connectivity index (χ2n) is 15.7. The van der Waals surface area contributed by atoms with Gasteiger partial charge >= 0.3 is 5.97 Å². The number of hydrogen-bond acceptors (Lipinski definition) is 6. The Morgan fingerprint density at radius 3 is 2.26 bits per heavy atom. The lowest BCUT2D eigenvalue weighted by Gasteiger charge is -2.60. The number of ether oxygens (including phenoxy) is 1. The first-order chi connectivity index (χ1) is 18.1. The predicted molar refractivity (Wildman–Crippen MR) is 165 cm³/mol. The van der Waals surface area contributed by atoms with Gasteiger partial charge in [-0.1, -0.05) is 20.8 Å². The van der Waals surface area contributed by atoms with Crippen LogP contribution in [0.15, 0.2) is 10.3 Å². The molecule has 222 valence electrons. The zero-order valence-corrected chi connectivity index (χ0v) is 28.6. The highest BCUT2D eigenvalue weighted by Crippen LogP contribution is 2.67. The van der Waals surface area contributed by atoms with Gasteiger partial charge in [-0.2, -0.15) is 0 Å². The zero-order chi connectivity index (χ0) is 28.8. The number of rotatable bonds is 8. The monoisotopic (exact) mass is 576 g/mol. The molecule has 0 aromatic heterocycles. The standard InChI is InChI=1S/C31H56N2O4Si2/c1-21(11-16-29(34)35-4)25-14-15-26-24-13-12-22-19-23(32-36-38(5,6)7)17-18-30(22,2)27(24)20-28(31(25,26)3)33-37-39(8,9)10/h21-22,24-27H,11-20H2,1-10H3/t21?,22-,24?,25?,26?,27?,30?,31?/m1/s1. The van der Waals surface area contributed by atoms with Gasteiger partial charge in [-0.05, 0) is 138 Å². The topological polar surface area (TPSA) is 69.5 Å². The van der Waals surface area contributed by atoms with Crippen LogP contribution in [-0.2, 0) is 18.6 Å². The maximum Gasteiger partial charge on any atom is 0.305 e. The van der Waals surface area contributed by atoms with E-state index < -0.39 is 16.6 Å². The molecule has 4 rings (SSSR count). The van der Waals surface area contributed by atoms with Gasteiger partial charge in [-0.15, -0.1) is 10.3 Å². The van der Waals surface area contributed by atoms with Gasteiger partial charge in [0.1, 0.15) is 0 Å². The van der Waals surface area contributed by atoms with E-state index in [1.54, 1.807) is 0 Å². The fourth-order valence-corrected chi connectivity index (χ4v) is 9.78. The van der Waals surface area contributed by atoms with Gasteiger partial charge in [0.05, 0.1) is 18.5 Å². The largest absolute Gasteiger partial charge is 0.469 e. The summed E-state index contributed by atoms with van der Waals surface area (Å²) in [5.74, 6) is 3.62. The molecule has 0 saturated heterocycles. The number of carbonyl (C=O) groups excluding carboxylic acids is 1. The van der Waals surface area contributed by atoms with Crippen LogP contribution in [0.2, 0.25) is 39.3 Å². The number of nitrogens with zero attached hydrogens (tertiary/aromatic N) is 2. The molecule has 0 N–H and O–H groups in total. The van der Waals surface area contributed by atoms with Crippen LogP contribution in [0.3, 0.4) is 0 Å². The van der Waals surface area contributed by atoms with Gasteiger partial charge in [0, 0.05) is 11.8 Å². The molecule has 4 aliphatic carbocycles. The van der Waals surface area contributed by atoms with Crippen molar-refractivity contribution in [3.05, 3.63) is 0 Å². The van der Waals surface area contributed by atoms with Gasteiger partial charge in [0.15, 0.2) is 0 Å². The fourth-order valence-electron chi connectivity index (χ4n) is 8.99. The molecule has 0 amide bonds. The third-order valence-electron chi connectivity index (χ3n) is 11.1. The van der Waals surface area contributed by atoms with Crippen LogP contribution in [0, 0.1) is 46.3 Å². The molecule has 39 heavy (non-hydrogen) atoms. The fraction of sp³-hybridized carbons (Fsp3) is 0.903. The number of fused-ring (bicyclic) bond motifs is 5. The van der Waals surface area contributed by atoms with E-state index in [0.717, 1.165) is 31.6 Å². The Morgan fingerprint density at radius 1 is 0.949 bits per heavy atom. The van der Waals surface area contributed by atoms with E-state index in [2.05, 4.69) is 65.2 Å². The predicted octanol–water partition coefficient (Wildman–Crippen LogP) is 8.26. The van der Waals surface area contributed by atoms with Crippen LogP contribution in [0.1, 0.15) is 85.0 Å². The van der Waals surface area contributed by atoms with Crippen molar-refractivity contribution in [2.24, 2.45) is 56.6 Å². The Bertz CT molecular complexity index is 971. The molecular formula is C31H56N2O4Si2. The summed E-state index contributed by atoms with van der Waals surface area (Å²) >= 11 is 0. The van der Waals surface area contributed by atoms with Crippen LogP contribution in [0.5, 0.6) is 0 Å². The normalized spacial score (nSPS) is 39.5. The molecule has 0 heterocycles. The minimum atomic E-state index is -1.81. The Labute approximate surface area is 240 Å². The quantitative estimate of drug-likeness (QED) is 0.166. The van der Waals surface area contributed by atoms with Gasteiger partial charge in [-0.3, -0.25) is 4.79 Å². The molecule has 0 spiro atoms. The molecule has 4 aliphatic rings. The summed E-state index contributed by atoms with van der Waals surface area (Å²) in [4.78, 5) is 12.0. The van der Waals surface area contributed by atoms with Crippen LogP contribution in [0.4, 0.5) is 0 Å². The smallest absolute Gasteiger partial charge is 0.305 e. The summed E-state index contributed by atoms with van der Waals surface area (Å²) < 4.78 is 17.3. The lowest BCUT2D eigenvalue weighted by Crippen LogP contribution is -2.57. The van der Waals surface area contributed by atoms with Gasteiger partial charge in [0.25, 0.3) is 16.6 Å². The Balaban J connectivity index is 1.62. The second kappa shape index (κ2) is 11.3. The Hall–Kier alpha value is -1.16. The van der Waals surface area contributed by atoms with Crippen LogP contribution in [0.25, 0.3) is 0 Å². The van der Waals surface area contributed by atoms with Crippen molar-refractivity contribution in [2.45, 2.75) is 124 Å². The third-order valence-corrected chi connectivity index (χ3v) is 12.3. The van der Waals surface area contributed by atoms with Gasteiger partial charge < -0.3 is 13.8 Å². The third kappa shape index (κ3) is 6.36. The van der Waals surface area contributed by atoms with Crippen molar-refractivity contribution in [1.82, 2.24) is 0 Å².